The first-order valence-electron chi connectivity index (χ1n) is 4.95. The predicted octanol–water partition coefficient (Wildman–Crippen LogP) is 2.10. The van der Waals surface area contributed by atoms with Gasteiger partial charge >= 0.3 is 5.97 Å². The molecule has 0 amide bonds. The third-order valence-corrected chi connectivity index (χ3v) is 1.38. The molecule has 15 heavy (non-hydrogen) atoms. The number of hydrogen-bond acceptors (Lipinski definition) is 4. The van der Waals surface area contributed by atoms with Crippen molar-refractivity contribution in [3.05, 3.63) is 12.7 Å². The Hall–Kier alpha value is -0.870. The van der Waals surface area contributed by atoms with E-state index >= 15 is 0 Å². The Balaban J connectivity index is 3.74. The molecule has 0 aliphatic carbocycles. The molecule has 0 aromatic heterocycles. The molecular weight excluding hydrogens is 196 g/mol. The molecule has 0 radical (unpaired) electrons. The van der Waals surface area contributed by atoms with Crippen molar-refractivity contribution >= 4 is 5.97 Å². The molecule has 0 aliphatic heterocycles. The maximum atomic E-state index is 11.3. The lowest BCUT2D eigenvalue weighted by atomic mass is 10.2. The van der Waals surface area contributed by atoms with E-state index in [-0.39, 0.29) is 5.92 Å². The van der Waals surface area contributed by atoms with Crippen LogP contribution in [0.3, 0.4) is 0 Å². The van der Waals surface area contributed by atoms with Gasteiger partial charge in [0.15, 0.2) is 0 Å². The van der Waals surface area contributed by atoms with E-state index in [2.05, 4.69) is 11.5 Å². The molecular formula is C11H20O4. The molecule has 0 bridgehead atoms. The third-order valence-electron chi connectivity index (χ3n) is 1.38. The van der Waals surface area contributed by atoms with Crippen LogP contribution in [0.5, 0.6) is 0 Å². The van der Waals surface area contributed by atoms with Crippen LogP contribution in [0.25, 0.3) is 0 Å². The first-order chi connectivity index (χ1) is 6.87. The number of carbonyl (C=O) groups excluding carboxylic acids is 1. The second-order valence-corrected chi connectivity index (χ2v) is 4.33. The Morgan fingerprint density at radius 1 is 1.47 bits per heavy atom. The van der Waals surface area contributed by atoms with Gasteiger partial charge in [-0.3, -0.25) is 4.89 Å². The molecule has 88 valence electrons. The van der Waals surface area contributed by atoms with Crippen LogP contribution in [0.1, 0.15) is 27.7 Å². The van der Waals surface area contributed by atoms with E-state index < -0.39 is 11.6 Å². The van der Waals surface area contributed by atoms with E-state index in [1.54, 1.807) is 33.8 Å². The lowest BCUT2D eigenvalue weighted by molar-refractivity contribution is -0.323. The Kier molecular flexibility index (Phi) is 6.20. The van der Waals surface area contributed by atoms with Crippen LogP contribution in [-0.2, 0) is 19.3 Å². The normalized spacial score (nSPS) is 13.3. The number of rotatable bonds is 6. The van der Waals surface area contributed by atoms with Gasteiger partial charge in [-0.1, -0.05) is 6.08 Å². The van der Waals surface area contributed by atoms with Crippen LogP contribution in [-0.4, -0.2) is 24.8 Å². The van der Waals surface area contributed by atoms with Crippen LogP contribution < -0.4 is 0 Å². The maximum Gasteiger partial charge on any atom is 0.347 e. The van der Waals surface area contributed by atoms with E-state index in [0.717, 1.165) is 0 Å². The van der Waals surface area contributed by atoms with Gasteiger partial charge in [0.05, 0.1) is 19.1 Å². The molecule has 0 rings (SSSR count). The van der Waals surface area contributed by atoms with Crippen molar-refractivity contribution in [1.82, 2.24) is 0 Å². The molecule has 0 saturated carbocycles. The minimum Gasteiger partial charge on any atom is -0.377 e. The molecule has 0 aliphatic rings. The summed E-state index contributed by atoms with van der Waals surface area (Å²) >= 11 is 0. The van der Waals surface area contributed by atoms with E-state index in [0.29, 0.717) is 13.2 Å². The minimum atomic E-state index is -0.489. The smallest absolute Gasteiger partial charge is 0.347 e. The number of hydrogen-bond donors (Lipinski definition) is 0. The van der Waals surface area contributed by atoms with Crippen molar-refractivity contribution in [2.75, 3.05) is 13.2 Å². The number of carbonyl (C=O) groups is 1. The van der Waals surface area contributed by atoms with E-state index in [4.69, 9.17) is 9.62 Å². The van der Waals surface area contributed by atoms with Crippen molar-refractivity contribution in [3.8, 4) is 0 Å². The fraction of sp³-hybridized carbons (Fsp3) is 0.727. The quantitative estimate of drug-likeness (QED) is 0.295. The van der Waals surface area contributed by atoms with Crippen molar-refractivity contribution < 1.29 is 19.3 Å². The molecule has 0 heterocycles. The molecule has 0 aromatic rings. The topological polar surface area (TPSA) is 44.8 Å². The largest absolute Gasteiger partial charge is 0.377 e. The predicted molar refractivity (Wildman–Crippen MR) is 57.1 cm³/mol. The highest BCUT2D eigenvalue weighted by Crippen LogP contribution is 2.09. The zero-order chi connectivity index (χ0) is 11.9. The Morgan fingerprint density at radius 2 is 2.07 bits per heavy atom. The summed E-state index contributed by atoms with van der Waals surface area (Å²) in [5.74, 6) is -0.763. The first-order valence-corrected chi connectivity index (χ1v) is 4.95. The van der Waals surface area contributed by atoms with E-state index in [1.165, 1.54) is 0 Å². The van der Waals surface area contributed by atoms with E-state index in [1.807, 2.05) is 0 Å². The minimum absolute atomic E-state index is 0.304. The van der Waals surface area contributed by atoms with Crippen molar-refractivity contribution in [1.29, 1.82) is 0 Å². The van der Waals surface area contributed by atoms with Gasteiger partial charge in [-0.2, -0.15) is 4.89 Å². The zero-order valence-electron chi connectivity index (χ0n) is 9.91. The Labute approximate surface area is 91.1 Å². The SMILES string of the molecule is C=CCOCC(C)C(=O)OOC(C)(C)C. The van der Waals surface area contributed by atoms with Gasteiger partial charge in [-0.15, -0.1) is 6.58 Å². The van der Waals surface area contributed by atoms with Crippen LogP contribution in [0.4, 0.5) is 0 Å². The van der Waals surface area contributed by atoms with Gasteiger partial charge in [0.1, 0.15) is 5.60 Å². The van der Waals surface area contributed by atoms with E-state index in [9.17, 15) is 4.79 Å². The summed E-state index contributed by atoms with van der Waals surface area (Å²) in [7, 11) is 0. The summed E-state index contributed by atoms with van der Waals surface area (Å²) in [4.78, 5) is 20.9. The maximum absolute atomic E-state index is 11.3. The van der Waals surface area contributed by atoms with Gasteiger partial charge in [-0.25, -0.2) is 4.79 Å². The standard InChI is InChI=1S/C11H20O4/c1-6-7-13-8-9(2)10(12)14-15-11(3,4)5/h6,9H,1,7-8H2,2-5H3. The van der Waals surface area contributed by atoms with Crippen LogP contribution in [0, 0.1) is 5.92 Å². The fourth-order valence-electron chi connectivity index (χ4n) is 0.644. The Bertz CT molecular complexity index is 205. The van der Waals surface area contributed by atoms with Crippen molar-refractivity contribution in [2.45, 2.75) is 33.3 Å². The molecule has 0 aromatic carbocycles. The van der Waals surface area contributed by atoms with Crippen LogP contribution in [0.2, 0.25) is 0 Å². The van der Waals surface area contributed by atoms with Crippen LogP contribution >= 0.6 is 0 Å². The summed E-state index contributed by atoms with van der Waals surface area (Å²) in [5, 5.41) is 0. The average Bonchev–Trinajstić information content (AvgIpc) is 2.13. The lowest BCUT2D eigenvalue weighted by Crippen LogP contribution is -2.26. The van der Waals surface area contributed by atoms with Gasteiger partial charge in [0, 0.05) is 0 Å². The third kappa shape index (κ3) is 8.15. The molecule has 0 fully saturated rings. The average molecular weight is 216 g/mol. The Morgan fingerprint density at radius 3 is 2.53 bits per heavy atom. The molecule has 0 saturated heterocycles. The molecule has 1 unspecified atom stereocenters. The van der Waals surface area contributed by atoms with Crippen molar-refractivity contribution in [2.24, 2.45) is 5.92 Å². The molecule has 0 N–H and O–H groups in total. The summed E-state index contributed by atoms with van der Waals surface area (Å²) in [6.07, 6.45) is 1.63. The summed E-state index contributed by atoms with van der Waals surface area (Å²) in [5.41, 5.74) is -0.489. The summed E-state index contributed by atoms with van der Waals surface area (Å²) in [6, 6.07) is 0. The molecule has 4 heteroatoms. The lowest BCUT2D eigenvalue weighted by Gasteiger charge is -2.18. The highest BCUT2D eigenvalue weighted by Gasteiger charge is 2.20. The second kappa shape index (κ2) is 6.58. The number of ether oxygens (including phenoxy) is 1. The zero-order valence-corrected chi connectivity index (χ0v) is 9.91. The second-order valence-electron chi connectivity index (χ2n) is 4.33. The van der Waals surface area contributed by atoms with Crippen molar-refractivity contribution in [3.63, 3.8) is 0 Å². The highest BCUT2D eigenvalue weighted by atomic mass is 17.2. The monoisotopic (exact) mass is 216 g/mol. The van der Waals surface area contributed by atoms with Gasteiger partial charge in [0.2, 0.25) is 0 Å². The fourth-order valence-corrected chi connectivity index (χ4v) is 0.644. The molecule has 4 nitrogen and oxygen atoms in total. The van der Waals surface area contributed by atoms with Gasteiger partial charge in [-0.05, 0) is 27.7 Å². The summed E-state index contributed by atoms with van der Waals surface area (Å²) < 4.78 is 5.12. The summed E-state index contributed by atoms with van der Waals surface area (Å²) in [6.45, 7) is 11.4. The van der Waals surface area contributed by atoms with Crippen LogP contribution in [0.15, 0.2) is 12.7 Å². The van der Waals surface area contributed by atoms with Gasteiger partial charge in [0.25, 0.3) is 0 Å². The molecule has 0 spiro atoms. The molecule has 1 atom stereocenters. The highest BCUT2D eigenvalue weighted by molar-refractivity contribution is 5.71. The first kappa shape index (κ1) is 14.1. The van der Waals surface area contributed by atoms with Gasteiger partial charge < -0.3 is 4.74 Å².